The van der Waals surface area contributed by atoms with Gasteiger partial charge in [0.1, 0.15) is 0 Å². The summed E-state index contributed by atoms with van der Waals surface area (Å²) in [5.41, 5.74) is 0. The topological polar surface area (TPSA) is 37.4 Å². The fourth-order valence-corrected chi connectivity index (χ4v) is 3.66. The van der Waals surface area contributed by atoms with Crippen LogP contribution in [0.4, 0.5) is 0 Å². The van der Waals surface area contributed by atoms with Gasteiger partial charge in [-0.05, 0) is 26.7 Å². The first-order chi connectivity index (χ1) is 5.99. The summed E-state index contributed by atoms with van der Waals surface area (Å²) in [6.07, 6.45) is 6.76. The normalized spacial score (nSPS) is 28.6. The third-order valence-electron chi connectivity index (χ3n) is 2.21. The van der Waals surface area contributed by atoms with Crippen molar-refractivity contribution >= 4 is 10.0 Å². The Kier molecular flexibility index (Phi) is 2.99. The predicted octanol–water partition coefficient (Wildman–Crippen LogP) is 0.822. The van der Waals surface area contributed by atoms with Crippen LogP contribution in [0.5, 0.6) is 0 Å². The Bertz CT molecular complexity index is 313. The van der Waals surface area contributed by atoms with Crippen LogP contribution in [0, 0.1) is 12.3 Å². The Hall–Kier alpha value is -0.530. The van der Waals surface area contributed by atoms with Crippen molar-refractivity contribution in [3.05, 3.63) is 0 Å². The number of nitrogens with zero attached hydrogens (tertiary/aromatic N) is 1. The molecule has 0 bridgehead atoms. The molecule has 1 heterocycles. The average molecular weight is 201 g/mol. The molecule has 0 radical (unpaired) electrons. The van der Waals surface area contributed by atoms with E-state index >= 15 is 0 Å². The van der Waals surface area contributed by atoms with Crippen molar-refractivity contribution in [3.63, 3.8) is 0 Å². The van der Waals surface area contributed by atoms with E-state index in [0.717, 1.165) is 6.42 Å². The summed E-state index contributed by atoms with van der Waals surface area (Å²) in [5.74, 6) is 2.78. The van der Waals surface area contributed by atoms with Gasteiger partial charge in [-0.2, -0.15) is 4.31 Å². The first kappa shape index (κ1) is 10.6. The highest BCUT2D eigenvalue weighted by Crippen LogP contribution is 2.22. The van der Waals surface area contributed by atoms with Gasteiger partial charge in [-0.1, -0.05) is 5.92 Å². The van der Waals surface area contributed by atoms with Crippen molar-refractivity contribution in [1.82, 2.24) is 4.31 Å². The van der Waals surface area contributed by atoms with E-state index in [1.54, 1.807) is 0 Å². The molecule has 0 N–H and O–H groups in total. The van der Waals surface area contributed by atoms with Crippen LogP contribution in [0.25, 0.3) is 0 Å². The summed E-state index contributed by atoms with van der Waals surface area (Å²) in [6.45, 7) is 3.71. The van der Waals surface area contributed by atoms with Gasteiger partial charge in [0.05, 0.1) is 11.8 Å². The summed E-state index contributed by atoms with van der Waals surface area (Å²) >= 11 is 0. The Balaban J connectivity index is 2.99. The van der Waals surface area contributed by atoms with E-state index in [1.807, 2.05) is 13.8 Å². The van der Waals surface area contributed by atoms with Crippen LogP contribution in [0.15, 0.2) is 0 Å². The second kappa shape index (κ2) is 3.69. The van der Waals surface area contributed by atoms with Gasteiger partial charge in [0.25, 0.3) is 0 Å². The smallest absolute Gasteiger partial charge is 0.212 e. The minimum absolute atomic E-state index is 0.0358. The molecule has 1 rings (SSSR count). The van der Waals surface area contributed by atoms with Crippen LogP contribution in [-0.4, -0.2) is 30.6 Å². The van der Waals surface area contributed by atoms with E-state index < -0.39 is 10.0 Å². The molecule has 0 aromatic heterocycles. The maximum Gasteiger partial charge on any atom is 0.215 e. The predicted molar refractivity (Wildman–Crippen MR) is 52.6 cm³/mol. The lowest BCUT2D eigenvalue weighted by atomic mass is 10.1. The zero-order chi connectivity index (χ0) is 10.1. The lowest BCUT2D eigenvalue weighted by Crippen LogP contribution is -2.48. The van der Waals surface area contributed by atoms with E-state index in [9.17, 15) is 8.42 Å². The zero-order valence-corrected chi connectivity index (χ0v) is 8.84. The molecule has 0 spiro atoms. The van der Waals surface area contributed by atoms with Gasteiger partial charge in [0, 0.05) is 6.04 Å². The molecule has 0 saturated carbocycles. The highest BCUT2D eigenvalue weighted by atomic mass is 32.2. The van der Waals surface area contributed by atoms with Crippen LogP contribution in [0.3, 0.4) is 0 Å². The molecular weight excluding hydrogens is 186 g/mol. The molecule has 1 atom stereocenters. The molecular formula is C9H15NO2S. The standard InChI is InChI=1S/C9H15NO2S/c1-4-9-6-5-7-13(11,12)10(9)8(2)3/h1,8-9H,5-7H2,2-3H3/t9-/m0/s1. The van der Waals surface area contributed by atoms with Gasteiger partial charge in [0.15, 0.2) is 0 Å². The van der Waals surface area contributed by atoms with E-state index in [4.69, 9.17) is 6.42 Å². The Morgan fingerprint density at radius 1 is 1.54 bits per heavy atom. The minimum atomic E-state index is -3.09. The number of hydrogen-bond donors (Lipinski definition) is 0. The molecule has 0 aromatic rings. The van der Waals surface area contributed by atoms with Gasteiger partial charge >= 0.3 is 0 Å². The zero-order valence-electron chi connectivity index (χ0n) is 8.03. The van der Waals surface area contributed by atoms with Crippen LogP contribution in [0.2, 0.25) is 0 Å². The first-order valence-corrected chi connectivity index (χ1v) is 6.07. The maximum absolute atomic E-state index is 11.6. The molecule has 1 aliphatic heterocycles. The molecule has 0 amide bonds. The van der Waals surface area contributed by atoms with Crippen LogP contribution >= 0.6 is 0 Å². The first-order valence-electron chi connectivity index (χ1n) is 4.46. The molecule has 0 aliphatic carbocycles. The van der Waals surface area contributed by atoms with Crippen molar-refractivity contribution in [2.75, 3.05) is 5.75 Å². The fourth-order valence-electron chi connectivity index (χ4n) is 1.72. The Morgan fingerprint density at radius 3 is 2.54 bits per heavy atom. The van der Waals surface area contributed by atoms with Crippen LogP contribution in [-0.2, 0) is 10.0 Å². The van der Waals surface area contributed by atoms with Gasteiger partial charge in [-0.25, -0.2) is 8.42 Å². The SMILES string of the molecule is C#C[C@H]1CCCS(=O)(=O)N1C(C)C. The van der Waals surface area contributed by atoms with Crippen molar-refractivity contribution in [2.24, 2.45) is 0 Å². The van der Waals surface area contributed by atoms with E-state index in [0.29, 0.717) is 6.42 Å². The Morgan fingerprint density at radius 2 is 2.15 bits per heavy atom. The molecule has 0 aromatic carbocycles. The highest BCUT2D eigenvalue weighted by molar-refractivity contribution is 7.89. The van der Waals surface area contributed by atoms with Crippen molar-refractivity contribution in [2.45, 2.75) is 38.8 Å². The van der Waals surface area contributed by atoms with Crippen molar-refractivity contribution in [1.29, 1.82) is 0 Å². The summed E-state index contributed by atoms with van der Waals surface area (Å²) < 4.78 is 24.7. The van der Waals surface area contributed by atoms with Crippen LogP contribution < -0.4 is 0 Å². The summed E-state index contributed by atoms with van der Waals surface area (Å²) in [5, 5.41) is 0. The molecule has 4 heteroatoms. The number of terminal acetylenes is 1. The molecule has 1 saturated heterocycles. The molecule has 0 unspecified atom stereocenters. The number of rotatable bonds is 1. The van der Waals surface area contributed by atoms with Gasteiger partial charge in [-0.3, -0.25) is 0 Å². The van der Waals surface area contributed by atoms with Gasteiger partial charge in [0.2, 0.25) is 10.0 Å². The average Bonchev–Trinajstić information content (AvgIpc) is 2.01. The molecule has 13 heavy (non-hydrogen) atoms. The number of sulfonamides is 1. The maximum atomic E-state index is 11.6. The molecule has 74 valence electrons. The lowest BCUT2D eigenvalue weighted by molar-refractivity contribution is 0.288. The third-order valence-corrected chi connectivity index (χ3v) is 4.33. The molecule has 1 aliphatic rings. The highest BCUT2D eigenvalue weighted by Gasteiger charge is 2.34. The summed E-state index contributed by atoms with van der Waals surface area (Å²) in [4.78, 5) is 0. The van der Waals surface area contributed by atoms with Crippen molar-refractivity contribution < 1.29 is 8.42 Å². The second-order valence-electron chi connectivity index (χ2n) is 3.56. The fraction of sp³-hybridized carbons (Fsp3) is 0.778. The molecule has 3 nitrogen and oxygen atoms in total. The Labute approximate surface area is 80.2 Å². The lowest BCUT2D eigenvalue weighted by Gasteiger charge is -2.34. The van der Waals surface area contributed by atoms with E-state index in [-0.39, 0.29) is 17.8 Å². The van der Waals surface area contributed by atoms with Crippen molar-refractivity contribution in [3.8, 4) is 12.3 Å². The minimum Gasteiger partial charge on any atom is -0.212 e. The monoisotopic (exact) mass is 201 g/mol. The van der Waals surface area contributed by atoms with Gasteiger partial charge < -0.3 is 0 Å². The molecule has 1 fully saturated rings. The number of hydrogen-bond acceptors (Lipinski definition) is 2. The third kappa shape index (κ3) is 2.04. The summed E-state index contributed by atoms with van der Waals surface area (Å²) in [7, 11) is -3.09. The van der Waals surface area contributed by atoms with E-state index in [2.05, 4.69) is 5.92 Å². The summed E-state index contributed by atoms with van der Waals surface area (Å²) in [6, 6.07) is -0.273. The van der Waals surface area contributed by atoms with Crippen LogP contribution in [0.1, 0.15) is 26.7 Å². The largest absolute Gasteiger partial charge is 0.215 e. The second-order valence-corrected chi connectivity index (χ2v) is 5.56. The van der Waals surface area contributed by atoms with E-state index in [1.165, 1.54) is 4.31 Å². The quantitative estimate of drug-likeness (QED) is 0.589. The van der Waals surface area contributed by atoms with Gasteiger partial charge in [-0.15, -0.1) is 6.42 Å².